The molecule has 7 nitrogen and oxygen atoms in total. The normalized spacial score (nSPS) is 12.8. The first-order chi connectivity index (χ1) is 16.0. The van der Waals surface area contributed by atoms with Gasteiger partial charge in [0.1, 0.15) is 5.00 Å². The number of carbonyl (C=O) groups excluding carboxylic acids is 3. The van der Waals surface area contributed by atoms with E-state index in [1.165, 1.54) is 18.4 Å². The maximum atomic E-state index is 13.6. The summed E-state index contributed by atoms with van der Waals surface area (Å²) >= 11 is 1.33. The second-order valence-electron chi connectivity index (χ2n) is 7.67. The van der Waals surface area contributed by atoms with Gasteiger partial charge in [-0.25, -0.2) is 4.79 Å². The third-order valence-corrected chi connectivity index (χ3v) is 6.84. The van der Waals surface area contributed by atoms with Gasteiger partial charge in [-0.2, -0.15) is 0 Å². The Labute approximate surface area is 196 Å². The maximum absolute atomic E-state index is 13.6. The number of hydrogen-bond acceptors (Lipinski definition) is 5. The van der Waals surface area contributed by atoms with E-state index in [0.29, 0.717) is 30.1 Å². The lowest BCUT2D eigenvalue weighted by Crippen LogP contribution is -2.35. The molecule has 0 saturated carbocycles. The van der Waals surface area contributed by atoms with Gasteiger partial charge in [0.05, 0.1) is 25.1 Å². The summed E-state index contributed by atoms with van der Waals surface area (Å²) < 4.78 is 4.85. The highest BCUT2D eigenvalue weighted by molar-refractivity contribution is 7.17. The summed E-state index contributed by atoms with van der Waals surface area (Å²) in [7, 11) is 2.92. The van der Waals surface area contributed by atoms with Gasteiger partial charge in [0.2, 0.25) is 5.91 Å². The van der Waals surface area contributed by atoms with E-state index in [2.05, 4.69) is 10.6 Å². The van der Waals surface area contributed by atoms with Crippen LogP contribution in [-0.4, -0.2) is 43.5 Å². The number of nitrogens with one attached hydrogen (secondary N) is 2. The Bertz CT molecular complexity index is 1120. The minimum atomic E-state index is -0.532. The molecule has 2 N–H and O–H groups in total. The Morgan fingerprint density at radius 2 is 1.61 bits per heavy atom. The van der Waals surface area contributed by atoms with Crippen molar-refractivity contribution in [2.24, 2.45) is 0 Å². The lowest BCUT2D eigenvalue weighted by molar-refractivity contribution is -0.116. The highest BCUT2D eigenvalue weighted by atomic mass is 32.1. The third kappa shape index (κ3) is 4.61. The summed E-state index contributed by atoms with van der Waals surface area (Å²) in [6, 6.07) is 19.1. The third-order valence-electron chi connectivity index (χ3n) is 5.71. The van der Waals surface area contributed by atoms with Crippen LogP contribution in [0, 0.1) is 0 Å². The van der Waals surface area contributed by atoms with Gasteiger partial charge < -0.3 is 20.3 Å². The van der Waals surface area contributed by atoms with E-state index in [9.17, 15) is 14.4 Å². The van der Waals surface area contributed by atoms with Crippen LogP contribution in [0.2, 0.25) is 0 Å². The number of methoxy groups -OCH3 is 1. The molecule has 1 aliphatic heterocycles. The van der Waals surface area contributed by atoms with Gasteiger partial charge in [0, 0.05) is 18.5 Å². The van der Waals surface area contributed by atoms with Gasteiger partial charge in [-0.05, 0) is 23.1 Å². The maximum Gasteiger partial charge on any atom is 0.409 e. The van der Waals surface area contributed by atoms with Crippen molar-refractivity contribution in [3.05, 3.63) is 87.8 Å². The second-order valence-corrected chi connectivity index (χ2v) is 8.78. The van der Waals surface area contributed by atoms with Gasteiger partial charge >= 0.3 is 6.09 Å². The van der Waals surface area contributed by atoms with E-state index in [1.54, 1.807) is 11.9 Å². The minimum absolute atomic E-state index is 0.221. The summed E-state index contributed by atoms with van der Waals surface area (Å²) in [6.45, 7) is 0.789. The standard InChI is InChI=1S/C25H25N3O4S/c1-26-22(29)21-18-13-14-28(25(31)32-2)15-19(18)33-24(21)27-23(30)20(16-9-5-3-6-10-16)17-11-7-4-8-12-17/h3-12,20H,13-15H2,1-2H3,(H,26,29)(H,27,30). The van der Waals surface area contributed by atoms with Crippen LogP contribution in [-0.2, 0) is 22.5 Å². The van der Waals surface area contributed by atoms with E-state index >= 15 is 0 Å². The fraction of sp³-hybridized carbons (Fsp3) is 0.240. The largest absolute Gasteiger partial charge is 0.453 e. The van der Waals surface area contributed by atoms with Gasteiger partial charge in [0.15, 0.2) is 0 Å². The SMILES string of the molecule is CNC(=O)c1c(NC(=O)C(c2ccccc2)c2ccccc2)sc2c1CCN(C(=O)OC)C2. The number of nitrogens with zero attached hydrogens (tertiary/aromatic N) is 1. The molecule has 1 aromatic heterocycles. The number of ether oxygens (including phenoxy) is 1. The molecule has 3 aromatic rings. The molecule has 8 heteroatoms. The first-order valence-electron chi connectivity index (χ1n) is 10.6. The Morgan fingerprint density at radius 1 is 1.00 bits per heavy atom. The molecular weight excluding hydrogens is 438 g/mol. The van der Waals surface area contributed by atoms with Crippen molar-refractivity contribution in [3.8, 4) is 0 Å². The number of anilines is 1. The number of amides is 3. The number of carbonyl (C=O) groups is 3. The van der Waals surface area contributed by atoms with Crippen molar-refractivity contribution >= 4 is 34.2 Å². The Hall–Kier alpha value is -3.65. The van der Waals surface area contributed by atoms with E-state index in [-0.39, 0.29) is 11.8 Å². The highest BCUT2D eigenvalue weighted by Gasteiger charge is 2.32. The number of thiophene rings is 1. The molecule has 2 aromatic carbocycles. The fourth-order valence-electron chi connectivity index (χ4n) is 4.11. The molecule has 0 aliphatic carbocycles. The monoisotopic (exact) mass is 463 g/mol. The molecule has 33 heavy (non-hydrogen) atoms. The molecule has 4 rings (SSSR count). The first-order valence-corrected chi connectivity index (χ1v) is 11.5. The number of fused-ring (bicyclic) bond motifs is 1. The topological polar surface area (TPSA) is 87.7 Å². The lowest BCUT2D eigenvalue weighted by Gasteiger charge is -2.25. The molecule has 0 spiro atoms. The van der Waals surface area contributed by atoms with Crippen LogP contribution >= 0.6 is 11.3 Å². The molecule has 0 unspecified atom stereocenters. The van der Waals surface area contributed by atoms with Crippen molar-refractivity contribution in [1.82, 2.24) is 10.2 Å². The summed E-state index contributed by atoms with van der Waals surface area (Å²) in [5.74, 6) is -1.01. The van der Waals surface area contributed by atoms with Crippen LogP contribution in [0.25, 0.3) is 0 Å². The van der Waals surface area contributed by atoms with Gasteiger partial charge in [0.25, 0.3) is 5.91 Å². The van der Waals surface area contributed by atoms with Crippen molar-refractivity contribution in [1.29, 1.82) is 0 Å². The number of benzene rings is 2. The molecule has 0 fully saturated rings. The molecule has 0 saturated heterocycles. The summed E-state index contributed by atoms with van der Waals surface area (Å²) in [5.41, 5.74) is 3.06. The molecule has 0 radical (unpaired) electrons. The van der Waals surface area contributed by atoms with E-state index in [4.69, 9.17) is 4.74 Å². The molecule has 0 atom stereocenters. The second kappa shape index (κ2) is 9.87. The number of hydrogen-bond donors (Lipinski definition) is 2. The Balaban J connectivity index is 1.70. The number of rotatable bonds is 5. The van der Waals surface area contributed by atoms with Crippen LogP contribution in [0.1, 0.15) is 37.8 Å². The van der Waals surface area contributed by atoms with Crippen molar-refractivity contribution in [2.45, 2.75) is 18.9 Å². The molecule has 2 heterocycles. The molecule has 1 aliphatic rings. The summed E-state index contributed by atoms with van der Waals surface area (Å²) in [6.07, 6.45) is 0.106. The highest BCUT2D eigenvalue weighted by Crippen LogP contribution is 2.38. The average Bonchev–Trinajstić information content (AvgIpc) is 3.21. The van der Waals surface area contributed by atoms with Crippen LogP contribution < -0.4 is 10.6 Å². The van der Waals surface area contributed by atoms with Crippen LogP contribution in [0.5, 0.6) is 0 Å². The van der Waals surface area contributed by atoms with Crippen molar-refractivity contribution in [2.75, 3.05) is 26.0 Å². The zero-order valence-corrected chi connectivity index (χ0v) is 19.3. The first kappa shape index (κ1) is 22.5. The van der Waals surface area contributed by atoms with Crippen molar-refractivity contribution in [3.63, 3.8) is 0 Å². The van der Waals surface area contributed by atoms with Gasteiger partial charge in [-0.15, -0.1) is 11.3 Å². The fourth-order valence-corrected chi connectivity index (χ4v) is 5.38. The predicted molar refractivity (Wildman–Crippen MR) is 128 cm³/mol. The predicted octanol–water partition coefficient (Wildman–Crippen LogP) is 4.00. The smallest absolute Gasteiger partial charge is 0.409 e. The Kier molecular flexibility index (Phi) is 6.74. The lowest BCUT2D eigenvalue weighted by atomic mass is 9.90. The molecular formula is C25H25N3O4S. The molecule has 0 bridgehead atoms. The van der Waals surface area contributed by atoms with Crippen LogP contribution in [0.4, 0.5) is 9.80 Å². The molecule has 170 valence electrons. The molecule has 3 amide bonds. The van der Waals surface area contributed by atoms with Crippen molar-refractivity contribution < 1.29 is 19.1 Å². The zero-order chi connectivity index (χ0) is 23.4. The van der Waals surface area contributed by atoms with E-state index in [0.717, 1.165) is 21.6 Å². The Morgan fingerprint density at radius 3 is 2.15 bits per heavy atom. The zero-order valence-electron chi connectivity index (χ0n) is 18.5. The van der Waals surface area contributed by atoms with Gasteiger partial charge in [-0.1, -0.05) is 60.7 Å². The average molecular weight is 464 g/mol. The minimum Gasteiger partial charge on any atom is -0.453 e. The quantitative estimate of drug-likeness (QED) is 0.599. The van der Waals surface area contributed by atoms with Gasteiger partial charge in [-0.3, -0.25) is 9.59 Å². The van der Waals surface area contributed by atoms with E-state index in [1.807, 2.05) is 60.7 Å². The van der Waals surface area contributed by atoms with Crippen LogP contribution in [0.3, 0.4) is 0 Å². The van der Waals surface area contributed by atoms with E-state index < -0.39 is 12.0 Å². The summed E-state index contributed by atoms with van der Waals surface area (Å²) in [5, 5.41) is 6.20. The van der Waals surface area contributed by atoms with Crippen LogP contribution in [0.15, 0.2) is 60.7 Å². The summed E-state index contributed by atoms with van der Waals surface area (Å²) in [4.78, 5) is 40.8.